The molecule has 0 amide bonds. The summed E-state index contributed by atoms with van der Waals surface area (Å²) in [6.45, 7) is 3.58. The molecule has 0 bridgehead atoms. The predicted molar refractivity (Wildman–Crippen MR) is 146 cm³/mol. The number of benzene rings is 3. The van der Waals surface area contributed by atoms with Gasteiger partial charge in [0.2, 0.25) is 5.88 Å². The highest BCUT2D eigenvalue weighted by molar-refractivity contribution is 5.84. The Balaban J connectivity index is 1.58. The molecule has 0 atom stereocenters. The van der Waals surface area contributed by atoms with Crippen LogP contribution in [0.15, 0.2) is 84.0 Å². The molecule has 6 rings (SSSR count). The van der Waals surface area contributed by atoms with Gasteiger partial charge in [-0.05, 0) is 62.2 Å². The zero-order valence-electron chi connectivity index (χ0n) is 21.0. The molecule has 1 aliphatic carbocycles. The lowest BCUT2D eigenvalue weighted by atomic mass is 10.1. The first kappa shape index (κ1) is 23.2. The number of ether oxygens (including phenoxy) is 2. The molecule has 0 unspecified atom stereocenters. The Labute approximate surface area is 215 Å². The second-order valence-electron chi connectivity index (χ2n) is 9.32. The van der Waals surface area contributed by atoms with Gasteiger partial charge in [-0.3, -0.25) is 4.99 Å². The van der Waals surface area contributed by atoms with Gasteiger partial charge in [0.1, 0.15) is 0 Å². The van der Waals surface area contributed by atoms with Gasteiger partial charge in [-0.15, -0.1) is 0 Å². The molecule has 2 aliphatic heterocycles. The molecule has 1 N–H and O–H groups in total. The van der Waals surface area contributed by atoms with E-state index in [1.807, 2.05) is 18.2 Å². The van der Waals surface area contributed by atoms with Crippen LogP contribution in [0.2, 0.25) is 0 Å². The van der Waals surface area contributed by atoms with E-state index in [1.165, 1.54) is 5.56 Å². The van der Waals surface area contributed by atoms with Crippen molar-refractivity contribution in [3.05, 3.63) is 89.9 Å². The van der Waals surface area contributed by atoms with E-state index in [0.717, 1.165) is 70.9 Å². The first-order valence-corrected chi connectivity index (χ1v) is 12.6. The van der Waals surface area contributed by atoms with E-state index in [2.05, 4.69) is 76.4 Å². The molecule has 1 saturated heterocycles. The third-order valence-electron chi connectivity index (χ3n) is 6.73. The van der Waals surface area contributed by atoms with Crippen molar-refractivity contribution in [3.63, 3.8) is 0 Å². The van der Waals surface area contributed by atoms with Crippen LogP contribution in [0.4, 0.5) is 11.4 Å². The topological polar surface area (TPSA) is 73.6 Å². The number of para-hydroxylation sites is 2. The number of anilines is 2. The van der Waals surface area contributed by atoms with E-state index in [-0.39, 0.29) is 6.04 Å². The number of nitrogens with zero attached hydrogens (tertiary/aromatic N) is 4. The predicted octanol–water partition coefficient (Wildman–Crippen LogP) is 5.67. The summed E-state index contributed by atoms with van der Waals surface area (Å²) in [6.07, 6.45) is 3.59. The van der Waals surface area contributed by atoms with Gasteiger partial charge < -0.3 is 19.4 Å². The van der Waals surface area contributed by atoms with Crippen LogP contribution in [0.1, 0.15) is 18.4 Å². The SMILES string of the molecule is COc1ccc(Nc2cc3nc4ccccc4n(-c4ccc(C)cc4)c-3cc2=NC2CCOCC2)cn1. The highest BCUT2D eigenvalue weighted by atomic mass is 16.5. The van der Waals surface area contributed by atoms with Crippen molar-refractivity contribution in [1.82, 2.24) is 14.5 Å². The minimum atomic E-state index is 0.210. The van der Waals surface area contributed by atoms with Crippen molar-refractivity contribution in [1.29, 1.82) is 0 Å². The van der Waals surface area contributed by atoms with Crippen molar-refractivity contribution in [2.75, 3.05) is 25.6 Å². The maximum absolute atomic E-state index is 5.58. The zero-order chi connectivity index (χ0) is 25.2. The molecular weight excluding hydrogens is 462 g/mol. The molecule has 3 heterocycles. The lowest BCUT2D eigenvalue weighted by Gasteiger charge is -2.22. The molecule has 7 nitrogen and oxygen atoms in total. The van der Waals surface area contributed by atoms with E-state index in [0.29, 0.717) is 5.88 Å². The smallest absolute Gasteiger partial charge is 0.213 e. The maximum atomic E-state index is 5.58. The van der Waals surface area contributed by atoms with Gasteiger partial charge in [0.05, 0.1) is 58.5 Å². The maximum Gasteiger partial charge on any atom is 0.213 e. The molecule has 2 aromatic carbocycles. The first-order chi connectivity index (χ1) is 18.2. The Morgan fingerprint density at radius 3 is 2.57 bits per heavy atom. The van der Waals surface area contributed by atoms with Crippen LogP contribution >= 0.6 is 0 Å². The summed E-state index contributed by atoms with van der Waals surface area (Å²) >= 11 is 0. The second-order valence-corrected chi connectivity index (χ2v) is 9.32. The van der Waals surface area contributed by atoms with Gasteiger partial charge in [-0.2, -0.15) is 0 Å². The van der Waals surface area contributed by atoms with Crippen LogP contribution in [0.3, 0.4) is 0 Å². The Morgan fingerprint density at radius 2 is 1.81 bits per heavy atom. The number of pyridine rings is 1. The molecule has 0 spiro atoms. The normalized spacial score (nSPS) is 14.8. The van der Waals surface area contributed by atoms with Gasteiger partial charge >= 0.3 is 0 Å². The summed E-state index contributed by atoms with van der Waals surface area (Å²) < 4.78 is 13.1. The van der Waals surface area contributed by atoms with Crippen molar-refractivity contribution in [2.45, 2.75) is 25.8 Å². The van der Waals surface area contributed by atoms with Crippen molar-refractivity contribution in [2.24, 2.45) is 4.99 Å². The third kappa shape index (κ3) is 4.78. The number of hydrogen-bond donors (Lipinski definition) is 1. The lowest BCUT2D eigenvalue weighted by Crippen LogP contribution is -2.23. The first-order valence-electron chi connectivity index (χ1n) is 12.6. The molecule has 37 heavy (non-hydrogen) atoms. The quantitative estimate of drug-likeness (QED) is 0.321. The van der Waals surface area contributed by atoms with Gasteiger partial charge in [0.15, 0.2) is 0 Å². The summed E-state index contributed by atoms with van der Waals surface area (Å²) in [7, 11) is 1.61. The molecule has 1 fully saturated rings. The number of aromatic nitrogens is 3. The number of methoxy groups -OCH3 is 1. The van der Waals surface area contributed by atoms with E-state index >= 15 is 0 Å². The van der Waals surface area contributed by atoms with Crippen LogP contribution in [0, 0.1) is 6.92 Å². The monoisotopic (exact) mass is 491 g/mol. The van der Waals surface area contributed by atoms with Crippen molar-refractivity contribution in [3.8, 4) is 23.0 Å². The fourth-order valence-electron chi connectivity index (χ4n) is 4.76. The molecule has 3 aromatic rings. The number of rotatable bonds is 5. The van der Waals surface area contributed by atoms with Crippen molar-refractivity contribution >= 4 is 22.4 Å². The molecule has 7 heteroatoms. The highest BCUT2D eigenvalue weighted by Crippen LogP contribution is 2.30. The average molecular weight is 492 g/mol. The Morgan fingerprint density at radius 1 is 1.00 bits per heavy atom. The molecule has 0 radical (unpaired) electrons. The Bertz CT molecular complexity index is 1570. The number of nitrogens with one attached hydrogen (secondary N) is 1. The van der Waals surface area contributed by atoms with E-state index in [1.54, 1.807) is 13.3 Å². The second kappa shape index (κ2) is 10.0. The summed E-state index contributed by atoms with van der Waals surface area (Å²) in [5.41, 5.74) is 7.94. The largest absolute Gasteiger partial charge is 0.481 e. The minimum Gasteiger partial charge on any atom is -0.481 e. The van der Waals surface area contributed by atoms with Crippen LogP contribution in [-0.4, -0.2) is 40.9 Å². The summed E-state index contributed by atoms with van der Waals surface area (Å²) in [5.74, 6) is 0.573. The fourth-order valence-corrected chi connectivity index (χ4v) is 4.76. The number of hydrogen-bond acceptors (Lipinski definition) is 6. The molecule has 3 aliphatic rings. The van der Waals surface area contributed by atoms with Crippen LogP contribution < -0.4 is 15.4 Å². The number of aryl methyl sites for hydroxylation is 1. The molecule has 186 valence electrons. The average Bonchev–Trinajstić information content (AvgIpc) is 2.94. The fraction of sp³-hybridized carbons (Fsp3) is 0.233. The summed E-state index contributed by atoms with van der Waals surface area (Å²) in [5, 5.41) is 4.42. The molecular formula is C30H29N5O2. The summed E-state index contributed by atoms with van der Waals surface area (Å²) in [6, 6.07) is 25.1. The highest BCUT2D eigenvalue weighted by Gasteiger charge is 2.18. The summed E-state index contributed by atoms with van der Waals surface area (Å²) in [4.78, 5) is 14.6. The van der Waals surface area contributed by atoms with Gasteiger partial charge in [0.25, 0.3) is 0 Å². The zero-order valence-corrected chi connectivity index (χ0v) is 21.0. The Hall–Kier alpha value is -4.23. The number of fused-ring (bicyclic) bond motifs is 2. The van der Waals surface area contributed by atoms with Crippen LogP contribution in [-0.2, 0) is 4.74 Å². The Kier molecular flexibility index (Phi) is 6.28. The van der Waals surface area contributed by atoms with Gasteiger partial charge in [-0.25, -0.2) is 9.97 Å². The molecule has 1 aromatic heterocycles. The lowest BCUT2D eigenvalue weighted by molar-refractivity contribution is 0.0864. The van der Waals surface area contributed by atoms with Gasteiger partial charge in [-0.1, -0.05) is 29.8 Å². The van der Waals surface area contributed by atoms with E-state index in [9.17, 15) is 0 Å². The third-order valence-corrected chi connectivity index (χ3v) is 6.73. The molecule has 0 saturated carbocycles. The standard InChI is InChI=1S/C30H29N5O2/c1-20-7-10-23(11-8-20)35-28-6-4-3-5-24(28)34-27-17-25(33-22-9-12-30(36-2)31-19-22)26(18-29(27)35)32-21-13-15-37-16-14-21/h3-12,17-19,21,33H,13-16H2,1-2H3. The van der Waals surface area contributed by atoms with E-state index in [4.69, 9.17) is 19.5 Å². The van der Waals surface area contributed by atoms with Crippen molar-refractivity contribution < 1.29 is 9.47 Å². The van der Waals surface area contributed by atoms with E-state index < -0.39 is 0 Å². The van der Waals surface area contributed by atoms with Gasteiger partial charge in [0, 0.05) is 25.0 Å². The van der Waals surface area contributed by atoms with Crippen LogP contribution in [0.5, 0.6) is 5.88 Å². The minimum absolute atomic E-state index is 0.210. The van der Waals surface area contributed by atoms with Crippen LogP contribution in [0.25, 0.3) is 28.1 Å².